The molecular weight excluding hydrogens is 356 g/mol. The van der Waals surface area contributed by atoms with E-state index in [9.17, 15) is 13.6 Å². The number of pyridine rings is 1. The minimum absolute atomic E-state index is 0.0305. The first-order chi connectivity index (χ1) is 12.9. The molecule has 1 saturated heterocycles. The molecule has 1 aliphatic rings. The maximum atomic E-state index is 12.3. The summed E-state index contributed by atoms with van der Waals surface area (Å²) in [6.07, 6.45) is 1.76. The summed E-state index contributed by atoms with van der Waals surface area (Å²) in [5.74, 6) is 0.491. The van der Waals surface area contributed by atoms with Gasteiger partial charge in [-0.15, -0.1) is 0 Å². The van der Waals surface area contributed by atoms with Crippen molar-refractivity contribution in [1.29, 1.82) is 0 Å². The maximum Gasteiger partial charge on any atom is 0.387 e. The average Bonchev–Trinajstić information content (AvgIpc) is 2.62. The van der Waals surface area contributed by atoms with Crippen LogP contribution in [0.1, 0.15) is 24.2 Å². The molecule has 144 valence electrons. The van der Waals surface area contributed by atoms with E-state index in [-0.39, 0.29) is 23.9 Å². The largest absolute Gasteiger partial charge is 0.435 e. The third-order valence-electron chi connectivity index (χ3n) is 4.09. The molecule has 6 nitrogen and oxygen atoms in total. The summed E-state index contributed by atoms with van der Waals surface area (Å²) in [4.78, 5) is 18.8. The van der Waals surface area contributed by atoms with Crippen molar-refractivity contribution in [1.82, 2.24) is 4.98 Å². The number of rotatable bonds is 5. The van der Waals surface area contributed by atoms with Crippen molar-refractivity contribution >= 4 is 17.4 Å². The lowest BCUT2D eigenvalue weighted by Crippen LogP contribution is -2.45. The van der Waals surface area contributed by atoms with Gasteiger partial charge in [0.05, 0.1) is 17.8 Å². The second-order valence-corrected chi connectivity index (χ2v) is 6.42. The lowest BCUT2D eigenvalue weighted by Gasteiger charge is -2.36. The number of nitrogens with zero attached hydrogens (tertiary/aromatic N) is 2. The van der Waals surface area contributed by atoms with Gasteiger partial charge in [-0.1, -0.05) is 0 Å². The second kappa shape index (κ2) is 8.30. The minimum atomic E-state index is -2.88. The van der Waals surface area contributed by atoms with Crippen LogP contribution in [-0.4, -0.2) is 42.8 Å². The summed E-state index contributed by atoms with van der Waals surface area (Å²) in [6, 6.07) is 9.23. The predicted molar refractivity (Wildman–Crippen MR) is 97.5 cm³/mol. The van der Waals surface area contributed by atoms with Crippen LogP contribution in [0.5, 0.6) is 5.75 Å². The normalized spacial score (nSPS) is 19.8. The fourth-order valence-electron chi connectivity index (χ4n) is 3.00. The van der Waals surface area contributed by atoms with Gasteiger partial charge in [-0.3, -0.25) is 4.79 Å². The summed E-state index contributed by atoms with van der Waals surface area (Å²) in [7, 11) is 0. The number of ether oxygens (including phenoxy) is 2. The van der Waals surface area contributed by atoms with Crippen molar-refractivity contribution in [2.45, 2.75) is 32.7 Å². The van der Waals surface area contributed by atoms with E-state index in [4.69, 9.17) is 4.74 Å². The van der Waals surface area contributed by atoms with Crippen molar-refractivity contribution in [3.05, 3.63) is 48.2 Å². The third-order valence-corrected chi connectivity index (χ3v) is 4.09. The SMILES string of the molecule is C[C@@H]1CN(c2ccc(C(=O)Nc3ccc(OC(F)F)cc3)cn2)C[C@H](C)O1. The number of benzene rings is 1. The first kappa shape index (κ1) is 19.0. The molecule has 0 bridgehead atoms. The molecule has 8 heteroatoms. The quantitative estimate of drug-likeness (QED) is 0.863. The molecule has 2 heterocycles. The molecule has 1 N–H and O–H groups in total. The Morgan fingerprint density at radius 3 is 2.41 bits per heavy atom. The molecule has 2 aromatic rings. The van der Waals surface area contributed by atoms with E-state index < -0.39 is 6.61 Å². The molecule has 0 aliphatic carbocycles. The van der Waals surface area contributed by atoms with Gasteiger partial charge < -0.3 is 19.7 Å². The Labute approximate surface area is 156 Å². The van der Waals surface area contributed by atoms with Gasteiger partial charge in [0, 0.05) is 25.0 Å². The number of hydrogen-bond acceptors (Lipinski definition) is 5. The highest BCUT2D eigenvalue weighted by Gasteiger charge is 2.23. The van der Waals surface area contributed by atoms with Gasteiger partial charge in [-0.25, -0.2) is 4.98 Å². The van der Waals surface area contributed by atoms with Crippen LogP contribution >= 0.6 is 0 Å². The summed E-state index contributed by atoms with van der Waals surface area (Å²) < 4.78 is 34.3. The summed E-state index contributed by atoms with van der Waals surface area (Å²) in [5.41, 5.74) is 0.877. The Morgan fingerprint density at radius 1 is 1.19 bits per heavy atom. The molecule has 0 radical (unpaired) electrons. The molecule has 1 amide bonds. The molecule has 27 heavy (non-hydrogen) atoms. The molecule has 0 unspecified atom stereocenters. The minimum Gasteiger partial charge on any atom is -0.435 e. The van der Waals surface area contributed by atoms with Crippen LogP contribution in [-0.2, 0) is 4.74 Å². The van der Waals surface area contributed by atoms with E-state index in [1.54, 1.807) is 12.1 Å². The number of nitrogens with one attached hydrogen (secondary N) is 1. The van der Waals surface area contributed by atoms with Crippen LogP contribution in [0.25, 0.3) is 0 Å². The highest BCUT2D eigenvalue weighted by Crippen LogP contribution is 2.20. The zero-order chi connectivity index (χ0) is 19.4. The van der Waals surface area contributed by atoms with Crippen LogP contribution in [0, 0.1) is 0 Å². The van der Waals surface area contributed by atoms with Gasteiger partial charge in [-0.05, 0) is 50.2 Å². The number of anilines is 2. The Bertz CT molecular complexity index is 759. The van der Waals surface area contributed by atoms with Gasteiger partial charge >= 0.3 is 6.61 Å². The van der Waals surface area contributed by atoms with E-state index in [1.165, 1.54) is 30.5 Å². The van der Waals surface area contributed by atoms with E-state index in [1.807, 2.05) is 13.8 Å². The van der Waals surface area contributed by atoms with Gasteiger partial charge in [0.1, 0.15) is 11.6 Å². The standard InChI is InChI=1S/C19H21F2N3O3/c1-12-10-24(11-13(2)26-12)17-8-3-14(9-22-17)18(25)23-15-4-6-16(7-5-15)27-19(20)21/h3-9,12-13,19H,10-11H2,1-2H3,(H,23,25)/t12-,13+. The molecular formula is C19H21F2N3O3. The van der Waals surface area contributed by atoms with E-state index in [2.05, 4.69) is 19.9 Å². The summed E-state index contributed by atoms with van der Waals surface area (Å²) in [6.45, 7) is 2.64. The number of hydrogen-bond donors (Lipinski definition) is 1. The second-order valence-electron chi connectivity index (χ2n) is 6.42. The monoisotopic (exact) mass is 377 g/mol. The molecule has 1 aromatic heterocycles. The fraction of sp³-hybridized carbons (Fsp3) is 0.368. The number of amides is 1. The van der Waals surface area contributed by atoms with Crippen LogP contribution < -0.4 is 15.0 Å². The Balaban J connectivity index is 1.62. The lowest BCUT2D eigenvalue weighted by molar-refractivity contribution is -0.0498. The van der Waals surface area contributed by atoms with E-state index in [0.717, 1.165) is 18.9 Å². The van der Waals surface area contributed by atoms with E-state index in [0.29, 0.717) is 11.3 Å². The maximum absolute atomic E-state index is 12.3. The van der Waals surface area contributed by atoms with Crippen LogP contribution in [0.15, 0.2) is 42.6 Å². The van der Waals surface area contributed by atoms with Crippen LogP contribution in [0.2, 0.25) is 0 Å². The molecule has 0 saturated carbocycles. The van der Waals surface area contributed by atoms with Crippen LogP contribution in [0.4, 0.5) is 20.3 Å². The highest BCUT2D eigenvalue weighted by atomic mass is 19.3. The van der Waals surface area contributed by atoms with Crippen molar-refractivity contribution in [2.75, 3.05) is 23.3 Å². The topological polar surface area (TPSA) is 63.7 Å². The van der Waals surface area contributed by atoms with Gasteiger partial charge in [-0.2, -0.15) is 8.78 Å². The molecule has 3 rings (SSSR count). The van der Waals surface area contributed by atoms with Gasteiger partial charge in [0.25, 0.3) is 5.91 Å². The zero-order valence-electron chi connectivity index (χ0n) is 15.1. The first-order valence-corrected chi connectivity index (χ1v) is 8.63. The number of carbonyl (C=O) groups excluding carboxylic acids is 1. The summed E-state index contributed by atoms with van der Waals surface area (Å²) in [5, 5.41) is 2.70. The lowest BCUT2D eigenvalue weighted by atomic mass is 10.2. The van der Waals surface area contributed by atoms with Crippen molar-refractivity contribution in [3.8, 4) is 5.75 Å². The fourth-order valence-corrected chi connectivity index (χ4v) is 3.00. The van der Waals surface area contributed by atoms with E-state index >= 15 is 0 Å². The smallest absolute Gasteiger partial charge is 0.387 e. The van der Waals surface area contributed by atoms with Crippen molar-refractivity contribution in [3.63, 3.8) is 0 Å². The Morgan fingerprint density at radius 2 is 1.85 bits per heavy atom. The van der Waals surface area contributed by atoms with Gasteiger partial charge in [0.2, 0.25) is 0 Å². The number of carbonyl (C=O) groups is 1. The molecule has 0 spiro atoms. The molecule has 1 fully saturated rings. The Hall–Kier alpha value is -2.74. The Kier molecular flexibility index (Phi) is 5.85. The average molecular weight is 377 g/mol. The van der Waals surface area contributed by atoms with Crippen LogP contribution in [0.3, 0.4) is 0 Å². The molecule has 2 atom stereocenters. The third kappa shape index (κ3) is 5.13. The van der Waals surface area contributed by atoms with Crippen molar-refractivity contribution < 1.29 is 23.0 Å². The van der Waals surface area contributed by atoms with Gasteiger partial charge in [0.15, 0.2) is 0 Å². The number of aromatic nitrogens is 1. The predicted octanol–water partition coefficient (Wildman–Crippen LogP) is 3.55. The highest BCUT2D eigenvalue weighted by molar-refractivity contribution is 6.04. The number of halogens is 2. The molecule has 1 aromatic carbocycles. The number of alkyl halides is 2. The first-order valence-electron chi connectivity index (χ1n) is 8.63. The van der Waals surface area contributed by atoms with Crippen molar-refractivity contribution in [2.24, 2.45) is 0 Å². The molecule has 1 aliphatic heterocycles. The number of morpholine rings is 1. The zero-order valence-corrected chi connectivity index (χ0v) is 15.1. The summed E-state index contributed by atoms with van der Waals surface area (Å²) >= 11 is 0.